The van der Waals surface area contributed by atoms with Crippen molar-refractivity contribution >= 4 is 19.8 Å². The molecule has 0 aromatic rings. The van der Waals surface area contributed by atoms with Crippen LogP contribution < -0.4 is 5.73 Å². The fraction of sp³-hybridized carbons (Fsp3) is 0.870. The minimum Gasteiger partial charge on any atom is -0.462 e. The van der Waals surface area contributed by atoms with Crippen molar-refractivity contribution in [2.24, 2.45) is 5.73 Å². The van der Waals surface area contributed by atoms with Crippen LogP contribution in [0.3, 0.4) is 0 Å². The summed E-state index contributed by atoms with van der Waals surface area (Å²) in [6, 6.07) is 0. The fourth-order valence-electron chi connectivity index (χ4n) is 6.61. The molecule has 330 valence electrons. The molecule has 3 N–H and O–H groups in total. The van der Waals surface area contributed by atoms with Crippen LogP contribution in [-0.2, 0) is 32.7 Å². The summed E-state index contributed by atoms with van der Waals surface area (Å²) in [5, 5.41) is 0. The Morgan fingerprint density at radius 2 is 0.929 bits per heavy atom. The summed E-state index contributed by atoms with van der Waals surface area (Å²) in [7, 11) is -4.38. The molecular weight excluding hydrogens is 725 g/mol. The average molecular weight is 814 g/mol. The minimum atomic E-state index is -4.38. The Hall–Kier alpha value is -1.51. The van der Waals surface area contributed by atoms with Gasteiger partial charge in [-0.25, -0.2) is 4.57 Å². The SMILES string of the molecule is CCCCC/C=C\C/C=C\CCCCCCCCCC(=O)O[C@H](COC(=O)CCCCCCCCCCCCCCCCCCCC)COP(=O)(O)OCCN. The number of unbranched alkanes of at least 4 members (excludes halogenated alkanes) is 27. The zero-order chi connectivity index (χ0) is 41.1. The normalized spacial score (nSPS) is 13.4. The van der Waals surface area contributed by atoms with E-state index >= 15 is 0 Å². The Balaban J connectivity index is 4.09. The lowest BCUT2D eigenvalue weighted by Crippen LogP contribution is -2.29. The molecule has 0 radical (unpaired) electrons. The van der Waals surface area contributed by atoms with Gasteiger partial charge in [-0.1, -0.05) is 192 Å². The molecule has 0 aliphatic carbocycles. The first-order valence-electron chi connectivity index (χ1n) is 23.3. The van der Waals surface area contributed by atoms with E-state index in [4.69, 9.17) is 24.3 Å². The second-order valence-electron chi connectivity index (χ2n) is 15.6. The van der Waals surface area contributed by atoms with Gasteiger partial charge in [-0.3, -0.25) is 18.6 Å². The first-order chi connectivity index (χ1) is 27.3. The summed E-state index contributed by atoms with van der Waals surface area (Å²) in [6.07, 6.45) is 46.3. The van der Waals surface area contributed by atoms with Gasteiger partial charge in [-0.2, -0.15) is 0 Å². The molecule has 0 aliphatic heterocycles. The highest BCUT2D eigenvalue weighted by Crippen LogP contribution is 2.43. The Kier molecular flexibility index (Phi) is 41.9. The van der Waals surface area contributed by atoms with E-state index in [0.717, 1.165) is 51.4 Å². The van der Waals surface area contributed by atoms with E-state index in [1.807, 2.05) is 0 Å². The van der Waals surface area contributed by atoms with Gasteiger partial charge >= 0.3 is 19.8 Å². The predicted molar refractivity (Wildman–Crippen MR) is 234 cm³/mol. The molecule has 56 heavy (non-hydrogen) atoms. The van der Waals surface area contributed by atoms with Crippen LogP contribution >= 0.6 is 7.82 Å². The zero-order valence-electron chi connectivity index (χ0n) is 36.4. The number of hydrogen-bond acceptors (Lipinski definition) is 8. The first kappa shape index (κ1) is 54.5. The van der Waals surface area contributed by atoms with Crippen LogP contribution in [0, 0.1) is 0 Å². The van der Waals surface area contributed by atoms with Gasteiger partial charge in [0.15, 0.2) is 6.10 Å². The number of esters is 2. The molecule has 0 aliphatic rings. The molecule has 10 heteroatoms. The summed E-state index contributed by atoms with van der Waals surface area (Å²) in [5.74, 6) is -0.827. The van der Waals surface area contributed by atoms with Gasteiger partial charge in [0.25, 0.3) is 0 Å². The zero-order valence-corrected chi connectivity index (χ0v) is 37.3. The quantitative estimate of drug-likeness (QED) is 0.0267. The van der Waals surface area contributed by atoms with Crippen molar-refractivity contribution in [1.82, 2.24) is 0 Å². The smallest absolute Gasteiger partial charge is 0.462 e. The van der Waals surface area contributed by atoms with Gasteiger partial charge in [-0.15, -0.1) is 0 Å². The van der Waals surface area contributed by atoms with Gasteiger partial charge in [0, 0.05) is 19.4 Å². The highest BCUT2D eigenvalue weighted by atomic mass is 31.2. The van der Waals surface area contributed by atoms with Crippen LogP contribution in [0.4, 0.5) is 0 Å². The molecular formula is C46H88NO8P. The number of phosphoric acid groups is 1. The number of nitrogens with two attached hydrogens (primary N) is 1. The van der Waals surface area contributed by atoms with Crippen molar-refractivity contribution in [2.75, 3.05) is 26.4 Å². The molecule has 0 spiro atoms. The van der Waals surface area contributed by atoms with Crippen molar-refractivity contribution in [3.63, 3.8) is 0 Å². The van der Waals surface area contributed by atoms with E-state index in [1.54, 1.807) is 0 Å². The van der Waals surface area contributed by atoms with Crippen molar-refractivity contribution in [1.29, 1.82) is 0 Å². The Morgan fingerprint density at radius 3 is 1.39 bits per heavy atom. The number of carbonyl (C=O) groups is 2. The molecule has 0 aromatic carbocycles. The lowest BCUT2D eigenvalue weighted by molar-refractivity contribution is -0.161. The van der Waals surface area contributed by atoms with Gasteiger partial charge < -0.3 is 20.1 Å². The number of allylic oxidation sites excluding steroid dienone is 4. The second-order valence-corrected chi connectivity index (χ2v) is 17.1. The van der Waals surface area contributed by atoms with E-state index in [2.05, 4.69) is 38.2 Å². The minimum absolute atomic E-state index is 0.0537. The summed E-state index contributed by atoms with van der Waals surface area (Å²) in [5.41, 5.74) is 5.35. The van der Waals surface area contributed by atoms with Crippen LogP contribution in [0.5, 0.6) is 0 Å². The summed E-state index contributed by atoms with van der Waals surface area (Å²) in [6.45, 7) is 3.73. The van der Waals surface area contributed by atoms with Crippen molar-refractivity contribution in [2.45, 2.75) is 232 Å². The molecule has 0 amide bonds. The van der Waals surface area contributed by atoms with E-state index in [-0.39, 0.29) is 38.6 Å². The molecule has 0 bridgehead atoms. The second kappa shape index (κ2) is 43.1. The van der Waals surface area contributed by atoms with Crippen molar-refractivity contribution in [3.05, 3.63) is 24.3 Å². The number of ether oxygens (including phenoxy) is 2. The van der Waals surface area contributed by atoms with Gasteiger partial charge in [0.1, 0.15) is 6.61 Å². The number of carbonyl (C=O) groups excluding carboxylic acids is 2. The Bertz CT molecular complexity index is 975. The lowest BCUT2D eigenvalue weighted by Gasteiger charge is -2.19. The van der Waals surface area contributed by atoms with Crippen LogP contribution in [0.15, 0.2) is 24.3 Å². The van der Waals surface area contributed by atoms with E-state index in [1.165, 1.54) is 141 Å². The standard InChI is InChI=1S/C46H88NO8P/c1-3-5-7-9-11-13-15-17-19-21-23-24-26-28-30-32-34-36-38-45(48)52-42-44(43-54-56(50,51)53-41-40-47)55-46(49)39-37-35-33-31-29-27-25-22-20-18-16-14-12-10-8-6-4-2/h12,14,18,20,44H,3-11,13,15-17,19,21-43,47H2,1-2H3,(H,50,51)/b14-12-,20-18-/t44-/m1/s1. The van der Waals surface area contributed by atoms with Crippen LogP contribution in [0.25, 0.3) is 0 Å². The Labute approximate surface area is 344 Å². The molecule has 0 aromatic heterocycles. The van der Waals surface area contributed by atoms with E-state index < -0.39 is 26.5 Å². The molecule has 0 heterocycles. The van der Waals surface area contributed by atoms with Crippen molar-refractivity contribution in [3.8, 4) is 0 Å². The topological polar surface area (TPSA) is 134 Å². The molecule has 0 saturated heterocycles. The summed E-state index contributed by atoms with van der Waals surface area (Å²) in [4.78, 5) is 34.9. The maximum atomic E-state index is 12.6. The van der Waals surface area contributed by atoms with Gasteiger partial charge in [0.05, 0.1) is 13.2 Å². The number of hydrogen-bond donors (Lipinski definition) is 2. The van der Waals surface area contributed by atoms with Crippen LogP contribution in [0.2, 0.25) is 0 Å². The molecule has 0 saturated carbocycles. The molecule has 0 rings (SSSR count). The third-order valence-corrected chi connectivity index (χ3v) is 11.1. The highest BCUT2D eigenvalue weighted by molar-refractivity contribution is 7.47. The maximum absolute atomic E-state index is 12.6. The molecule has 2 atom stereocenters. The van der Waals surface area contributed by atoms with Gasteiger partial charge in [0.2, 0.25) is 0 Å². The lowest BCUT2D eigenvalue weighted by atomic mass is 10.0. The first-order valence-corrected chi connectivity index (χ1v) is 24.8. The van der Waals surface area contributed by atoms with Crippen LogP contribution in [-0.4, -0.2) is 49.3 Å². The van der Waals surface area contributed by atoms with Gasteiger partial charge in [-0.05, 0) is 44.9 Å². The maximum Gasteiger partial charge on any atom is 0.472 e. The monoisotopic (exact) mass is 814 g/mol. The number of phosphoric ester groups is 1. The predicted octanol–water partition coefficient (Wildman–Crippen LogP) is 13.6. The largest absolute Gasteiger partial charge is 0.472 e. The Morgan fingerprint density at radius 1 is 0.536 bits per heavy atom. The summed E-state index contributed by atoms with van der Waals surface area (Å²) < 4.78 is 32.8. The van der Waals surface area contributed by atoms with Crippen LogP contribution in [0.1, 0.15) is 226 Å². The average Bonchev–Trinajstić information content (AvgIpc) is 3.18. The van der Waals surface area contributed by atoms with E-state index in [0.29, 0.717) is 6.42 Å². The molecule has 9 nitrogen and oxygen atoms in total. The summed E-state index contributed by atoms with van der Waals surface area (Å²) >= 11 is 0. The number of rotatable bonds is 44. The molecule has 0 fully saturated rings. The van der Waals surface area contributed by atoms with E-state index in [9.17, 15) is 19.0 Å². The molecule has 1 unspecified atom stereocenters. The fourth-order valence-corrected chi connectivity index (χ4v) is 7.37. The third-order valence-electron chi connectivity index (χ3n) is 10.1. The van der Waals surface area contributed by atoms with Crippen molar-refractivity contribution < 1.29 is 37.6 Å². The third kappa shape index (κ3) is 42.1. The highest BCUT2D eigenvalue weighted by Gasteiger charge is 2.26.